The zero-order chi connectivity index (χ0) is 18.0. The Hall–Kier alpha value is -3.11. The Kier molecular flexibility index (Phi) is 4.30. The van der Waals surface area contributed by atoms with Gasteiger partial charge in [0.1, 0.15) is 12.1 Å². The van der Waals surface area contributed by atoms with E-state index >= 15 is 0 Å². The maximum absolute atomic E-state index is 12.2. The van der Waals surface area contributed by atoms with Crippen molar-refractivity contribution in [3.8, 4) is 5.75 Å². The van der Waals surface area contributed by atoms with Crippen LogP contribution in [0.25, 0.3) is 0 Å². The van der Waals surface area contributed by atoms with Crippen LogP contribution < -0.4 is 15.4 Å². The second-order valence-electron chi connectivity index (χ2n) is 5.28. The van der Waals surface area contributed by atoms with Crippen LogP contribution in [-0.2, 0) is 16.1 Å². The van der Waals surface area contributed by atoms with Crippen LogP contribution in [0.15, 0.2) is 30.6 Å². The monoisotopic (exact) mass is 355 g/mol. The highest BCUT2D eigenvalue weighted by Gasteiger charge is 2.31. The number of nitrogens with zero attached hydrogens (tertiary/aromatic N) is 3. The minimum absolute atomic E-state index is 0.129. The number of benzene rings is 1. The predicted octanol–water partition coefficient (Wildman–Crippen LogP) is 1.77. The Morgan fingerprint density at radius 2 is 2.24 bits per heavy atom. The molecule has 0 saturated carbocycles. The minimum Gasteiger partial charge on any atom is -0.406 e. The van der Waals surface area contributed by atoms with Gasteiger partial charge in [0.15, 0.2) is 0 Å². The zero-order valence-electron chi connectivity index (χ0n) is 12.6. The molecule has 0 aliphatic carbocycles. The first-order valence-corrected chi connectivity index (χ1v) is 7.14. The molecular formula is C14H12F3N5O3. The summed E-state index contributed by atoms with van der Waals surface area (Å²) in [5.74, 6) is -1.70. The van der Waals surface area contributed by atoms with Crippen LogP contribution in [0.2, 0.25) is 0 Å². The second kappa shape index (κ2) is 6.42. The molecule has 1 aliphatic rings. The van der Waals surface area contributed by atoms with Crippen molar-refractivity contribution < 1.29 is 27.5 Å². The molecule has 2 aromatic rings. The molecule has 0 unspecified atom stereocenters. The number of ether oxygens (including phenoxy) is 1. The third kappa shape index (κ3) is 4.25. The van der Waals surface area contributed by atoms with Gasteiger partial charge in [0.2, 0.25) is 17.8 Å². The molecule has 3 rings (SSSR count). The van der Waals surface area contributed by atoms with Crippen LogP contribution in [0.5, 0.6) is 5.75 Å². The summed E-state index contributed by atoms with van der Waals surface area (Å²) in [6.07, 6.45) is -3.70. The van der Waals surface area contributed by atoms with Crippen LogP contribution in [0.1, 0.15) is 6.42 Å². The number of carbonyl (C=O) groups is 2. The van der Waals surface area contributed by atoms with Gasteiger partial charge in [-0.1, -0.05) is 6.07 Å². The van der Waals surface area contributed by atoms with Gasteiger partial charge in [-0.2, -0.15) is 10.1 Å². The van der Waals surface area contributed by atoms with Gasteiger partial charge in [-0.15, -0.1) is 13.2 Å². The molecule has 132 valence electrons. The highest BCUT2D eigenvalue weighted by atomic mass is 19.4. The fourth-order valence-electron chi connectivity index (χ4n) is 2.36. The number of hydrogen-bond acceptors (Lipinski definition) is 5. The van der Waals surface area contributed by atoms with E-state index in [0.717, 1.165) is 12.1 Å². The van der Waals surface area contributed by atoms with Crippen LogP contribution in [-0.4, -0.2) is 32.9 Å². The van der Waals surface area contributed by atoms with Crippen molar-refractivity contribution in [3.63, 3.8) is 0 Å². The number of fused-ring (bicyclic) bond motifs is 1. The molecule has 11 heteroatoms. The number of alkyl halides is 3. The fourth-order valence-corrected chi connectivity index (χ4v) is 2.36. The smallest absolute Gasteiger partial charge is 0.406 e. The molecule has 1 aromatic carbocycles. The molecule has 0 radical (unpaired) electrons. The molecule has 0 spiro atoms. The largest absolute Gasteiger partial charge is 0.573 e. The maximum Gasteiger partial charge on any atom is 0.573 e. The van der Waals surface area contributed by atoms with Crippen molar-refractivity contribution in [2.75, 3.05) is 10.6 Å². The number of carbonyl (C=O) groups excluding carboxylic acids is 2. The quantitative estimate of drug-likeness (QED) is 0.871. The van der Waals surface area contributed by atoms with Gasteiger partial charge in [-0.3, -0.25) is 14.9 Å². The van der Waals surface area contributed by atoms with Gasteiger partial charge in [-0.05, 0) is 12.1 Å². The summed E-state index contributed by atoms with van der Waals surface area (Å²) in [7, 11) is 0. The number of nitrogens with one attached hydrogen (secondary N) is 2. The summed E-state index contributed by atoms with van der Waals surface area (Å²) in [6, 6.07) is 4.88. The fraction of sp³-hybridized carbons (Fsp3) is 0.286. The summed E-state index contributed by atoms with van der Waals surface area (Å²) in [4.78, 5) is 27.9. The van der Waals surface area contributed by atoms with Crippen LogP contribution in [0.4, 0.5) is 24.8 Å². The van der Waals surface area contributed by atoms with Gasteiger partial charge in [-0.25, -0.2) is 4.68 Å². The summed E-state index contributed by atoms with van der Waals surface area (Å²) in [5.41, 5.74) is 0.129. The van der Waals surface area contributed by atoms with E-state index in [-0.39, 0.29) is 24.6 Å². The van der Waals surface area contributed by atoms with Gasteiger partial charge in [0.25, 0.3) is 0 Å². The molecule has 1 aliphatic heterocycles. The van der Waals surface area contributed by atoms with E-state index in [0.29, 0.717) is 5.95 Å². The Morgan fingerprint density at radius 3 is 3.00 bits per heavy atom. The Bertz CT molecular complexity index is 805. The van der Waals surface area contributed by atoms with Crippen LogP contribution in [0, 0.1) is 5.92 Å². The zero-order valence-corrected chi connectivity index (χ0v) is 12.6. The minimum atomic E-state index is -4.82. The molecule has 2 N–H and O–H groups in total. The standard InChI is InChI=1S/C14H12F3N5O3/c15-14(16,17)25-10-3-1-2-9(5-10)20-11(23)4-8-6-22-13(18-7-19-22)21-12(8)24/h1-3,5,7-8H,4,6H2,(H,20,23)(H,18,19,21,24)/t8-/m0/s1. The average molecular weight is 355 g/mol. The van der Waals surface area contributed by atoms with Gasteiger partial charge >= 0.3 is 6.36 Å². The second-order valence-corrected chi connectivity index (χ2v) is 5.28. The van der Waals surface area contributed by atoms with Crippen molar-refractivity contribution in [1.29, 1.82) is 0 Å². The van der Waals surface area contributed by atoms with E-state index in [4.69, 9.17) is 0 Å². The highest BCUT2D eigenvalue weighted by Crippen LogP contribution is 2.25. The van der Waals surface area contributed by atoms with Gasteiger partial charge in [0, 0.05) is 18.2 Å². The van der Waals surface area contributed by atoms with Crippen LogP contribution >= 0.6 is 0 Å². The molecular weight excluding hydrogens is 343 g/mol. The molecule has 0 saturated heterocycles. The Morgan fingerprint density at radius 1 is 1.44 bits per heavy atom. The summed E-state index contributed by atoms with van der Waals surface area (Å²) < 4.78 is 41.9. The van der Waals surface area contributed by atoms with E-state index in [1.807, 2.05) is 0 Å². The van der Waals surface area contributed by atoms with Crippen LogP contribution in [0.3, 0.4) is 0 Å². The first-order valence-electron chi connectivity index (χ1n) is 7.14. The average Bonchev–Trinajstić information content (AvgIpc) is 2.93. The first kappa shape index (κ1) is 16.7. The molecule has 25 heavy (non-hydrogen) atoms. The third-order valence-electron chi connectivity index (χ3n) is 3.40. The van der Waals surface area contributed by atoms with E-state index in [9.17, 15) is 22.8 Å². The summed E-state index contributed by atoms with van der Waals surface area (Å²) >= 11 is 0. The highest BCUT2D eigenvalue weighted by molar-refractivity contribution is 5.98. The van der Waals surface area contributed by atoms with Crippen molar-refractivity contribution in [1.82, 2.24) is 14.8 Å². The van der Waals surface area contributed by atoms with Gasteiger partial charge in [0.05, 0.1) is 12.5 Å². The Labute approximate surface area is 139 Å². The van der Waals surface area contributed by atoms with E-state index in [2.05, 4.69) is 25.5 Å². The van der Waals surface area contributed by atoms with E-state index < -0.39 is 23.9 Å². The molecule has 2 heterocycles. The predicted molar refractivity (Wildman–Crippen MR) is 78.5 cm³/mol. The van der Waals surface area contributed by atoms with E-state index in [1.54, 1.807) is 0 Å². The maximum atomic E-state index is 12.2. The van der Waals surface area contributed by atoms with Crippen molar-refractivity contribution in [3.05, 3.63) is 30.6 Å². The topological polar surface area (TPSA) is 98.1 Å². The van der Waals surface area contributed by atoms with Crippen molar-refractivity contribution in [2.24, 2.45) is 5.92 Å². The number of halogens is 3. The summed E-state index contributed by atoms with van der Waals surface area (Å²) in [6.45, 7) is 0.186. The molecule has 8 nitrogen and oxygen atoms in total. The number of hydrogen-bond donors (Lipinski definition) is 2. The van der Waals surface area contributed by atoms with Gasteiger partial charge < -0.3 is 10.1 Å². The lowest BCUT2D eigenvalue weighted by Gasteiger charge is -2.21. The lowest BCUT2D eigenvalue weighted by molar-refractivity contribution is -0.274. The SMILES string of the molecule is O=C(C[C@H]1Cn2ncnc2NC1=O)Nc1cccc(OC(F)(F)F)c1. The normalized spacial score (nSPS) is 16.8. The van der Waals surface area contributed by atoms with Crippen molar-refractivity contribution >= 4 is 23.5 Å². The molecule has 1 atom stereocenters. The number of amides is 2. The lowest BCUT2D eigenvalue weighted by atomic mass is 10.0. The molecule has 0 bridgehead atoms. The number of aromatic nitrogens is 3. The lowest BCUT2D eigenvalue weighted by Crippen LogP contribution is -2.36. The number of rotatable bonds is 4. The molecule has 1 aromatic heterocycles. The molecule has 2 amide bonds. The summed E-state index contributed by atoms with van der Waals surface area (Å²) in [5, 5.41) is 8.88. The van der Waals surface area contributed by atoms with E-state index in [1.165, 1.54) is 23.1 Å². The number of anilines is 2. The Balaban J connectivity index is 1.61. The molecule has 0 fully saturated rings. The first-order chi connectivity index (χ1) is 11.8. The van der Waals surface area contributed by atoms with Crippen molar-refractivity contribution in [2.45, 2.75) is 19.3 Å². The third-order valence-corrected chi connectivity index (χ3v) is 3.40.